The molecule has 1 aromatic carbocycles. The number of carbonyl (C=O) groups excluding carboxylic acids is 1. The van der Waals surface area contributed by atoms with E-state index < -0.39 is 11.7 Å². The number of nitrogens with one attached hydrogen (secondary N) is 1. The molecule has 0 bridgehead atoms. The Kier molecular flexibility index (Phi) is 3.63. The quantitative estimate of drug-likeness (QED) is 0.774. The molecule has 1 saturated carbocycles. The van der Waals surface area contributed by atoms with Gasteiger partial charge in [0.2, 0.25) is 0 Å². The van der Waals surface area contributed by atoms with Gasteiger partial charge >= 0.3 is 0 Å². The van der Waals surface area contributed by atoms with Crippen molar-refractivity contribution in [1.82, 2.24) is 5.32 Å². The normalized spacial score (nSPS) is 20.8. The summed E-state index contributed by atoms with van der Waals surface area (Å²) in [5.74, 6) is 4.61. The summed E-state index contributed by atoms with van der Waals surface area (Å²) in [5, 5.41) is 11.4. The van der Waals surface area contributed by atoms with Crippen molar-refractivity contribution in [2.24, 2.45) is 5.92 Å². The first kappa shape index (κ1) is 12.6. The highest BCUT2D eigenvalue weighted by Gasteiger charge is 2.34. The molecule has 1 aliphatic rings. The first-order chi connectivity index (χ1) is 8.61. The fraction of sp³-hybridized carbons (Fsp3) is 0.357. The Labute approximate surface area is 105 Å². The number of aliphatic hydroxyl groups is 1. The van der Waals surface area contributed by atoms with Crippen molar-refractivity contribution in [3.05, 3.63) is 35.1 Å². The largest absolute Gasteiger partial charge is 0.384 e. The molecule has 2 atom stereocenters. The number of rotatable bonds is 2. The molecule has 0 saturated heterocycles. The lowest BCUT2D eigenvalue weighted by Gasteiger charge is -2.05. The Morgan fingerprint density at radius 1 is 1.61 bits per heavy atom. The third-order valence-electron chi connectivity index (χ3n) is 2.95. The van der Waals surface area contributed by atoms with E-state index in [0.29, 0.717) is 11.5 Å². The van der Waals surface area contributed by atoms with E-state index in [1.807, 2.05) is 6.92 Å². The minimum atomic E-state index is -0.560. The van der Waals surface area contributed by atoms with E-state index in [-0.39, 0.29) is 18.2 Å². The molecule has 1 aromatic rings. The summed E-state index contributed by atoms with van der Waals surface area (Å²) in [4.78, 5) is 11.8. The highest BCUT2D eigenvalue weighted by molar-refractivity contribution is 5.95. The van der Waals surface area contributed by atoms with E-state index in [4.69, 9.17) is 5.11 Å². The van der Waals surface area contributed by atoms with Gasteiger partial charge in [-0.3, -0.25) is 4.79 Å². The Morgan fingerprint density at radius 2 is 2.33 bits per heavy atom. The van der Waals surface area contributed by atoms with Crippen LogP contribution in [0.1, 0.15) is 29.3 Å². The monoisotopic (exact) mass is 247 g/mol. The molecule has 0 aliphatic heterocycles. The van der Waals surface area contributed by atoms with Crippen molar-refractivity contribution in [3.63, 3.8) is 0 Å². The molecule has 0 heterocycles. The summed E-state index contributed by atoms with van der Waals surface area (Å²) >= 11 is 0. The van der Waals surface area contributed by atoms with Crippen LogP contribution < -0.4 is 5.32 Å². The molecule has 2 N–H and O–H groups in total. The predicted molar refractivity (Wildman–Crippen MR) is 65.4 cm³/mol. The highest BCUT2D eigenvalue weighted by atomic mass is 19.1. The smallest absolute Gasteiger partial charge is 0.254 e. The van der Waals surface area contributed by atoms with Crippen molar-refractivity contribution < 1.29 is 14.3 Å². The van der Waals surface area contributed by atoms with Crippen molar-refractivity contribution in [1.29, 1.82) is 0 Å². The van der Waals surface area contributed by atoms with Crippen LogP contribution in [0.3, 0.4) is 0 Å². The molecule has 1 amide bonds. The second-order valence-corrected chi connectivity index (χ2v) is 4.45. The number of hydrogen-bond acceptors (Lipinski definition) is 2. The first-order valence-electron chi connectivity index (χ1n) is 5.82. The number of amides is 1. The summed E-state index contributed by atoms with van der Waals surface area (Å²) in [6.07, 6.45) is 0.942. The Bertz CT molecular complexity index is 530. The third kappa shape index (κ3) is 2.88. The van der Waals surface area contributed by atoms with Crippen molar-refractivity contribution in [2.45, 2.75) is 19.4 Å². The van der Waals surface area contributed by atoms with Crippen LogP contribution >= 0.6 is 0 Å². The van der Waals surface area contributed by atoms with E-state index in [9.17, 15) is 9.18 Å². The number of benzene rings is 1. The van der Waals surface area contributed by atoms with E-state index in [2.05, 4.69) is 17.2 Å². The first-order valence-corrected chi connectivity index (χ1v) is 5.82. The number of aliphatic hydroxyl groups excluding tert-OH is 1. The van der Waals surface area contributed by atoms with E-state index in [1.54, 1.807) is 0 Å². The van der Waals surface area contributed by atoms with Gasteiger partial charge in [0.25, 0.3) is 5.91 Å². The van der Waals surface area contributed by atoms with Gasteiger partial charge in [0, 0.05) is 11.6 Å². The van der Waals surface area contributed by atoms with Gasteiger partial charge in [-0.25, -0.2) is 4.39 Å². The Morgan fingerprint density at radius 3 is 2.94 bits per heavy atom. The van der Waals surface area contributed by atoms with Crippen LogP contribution in [0.5, 0.6) is 0 Å². The maximum Gasteiger partial charge on any atom is 0.254 e. The Hall–Kier alpha value is -1.86. The SMILES string of the molecule is CC1CC1NC(=O)c1cc(C#CCO)ccc1F. The third-order valence-corrected chi connectivity index (χ3v) is 2.95. The lowest BCUT2D eigenvalue weighted by Crippen LogP contribution is -2.27. The van der Waals surface area contributed by atoms with Gasteiger partial charge in [-0.2, -0.15) is 0 Å². The number of hydrogen-bond donors (Lipinski definition) is 2. The molecule has 1 aliphatic carbocycles. The van der Waals surface area contributed by atoms with Crippen molar-refractivity contribution >= 4 is 5.91 Å². The molecule has 0 radical (unpaired) electrons. The van der Waals surface area contributed by atoms with Gasteiger partial charge in [0.05, 0.1) is 5.56 Å². The predicted octanol–water partition coefficient (Wildman–Crippen LogP) is 1.31. The molecular weight excluding hydrogens is 233 g/mol. The van der Waals surface area contributed by atoms with Gasteiger partial charge < -0.3 is 10.4 Å². The van der Waals surface area contributed by atoms with Gasteiger partial charge in [-0.05, 0) is 30.5 Å². The topological polar surface area (TPSA) is 49.3 Å². The fourth-order valence-corrected chi connectivity index (χ4v) is 1.69. The van der Waals surface area contributed by atoms with Crippen LogP contribution in [0.15, 0.2) is 18.2 Å². The van der Waals surface area contributed by atoms with Crippen LogP contribution in [0.25, 0.3) is 0 Å². The second kappa shape index (κ2) is 5.19. The summed E-state index contributed by atoms with van der Waals surface area (Å²) in [6, 6.07) is 4.26. The van der Waals surface area contributed by atoms with Gasteiger partial charge in [0.1, 0.15) is 12.4 Å². The summed E-state index contributed by atoms with van der Waals surface area (Å²) in [6.45, 7) is 1.77. The van der Waals surface area contributed by atoms with E-state index in [1.165, 1.54) is 18.2 Å². The fourth-order valence-electron chi connectivity index (χ4n) is 1.69. The maximum atomic E-state index is 13.6. The lowest BCUT2D eigenvalue weighted by molar-refractivity contribution is 0.0945. The van der Waals surface area contributed by atoms with E-state index in [0.717, 1.165) is 6.42 Å². The molecule has 0 spiro atoms. The highest BCUT2D eigenvalue weighted by Crippen LogP contribution is 2.29. The molecule has 18 heavy (non-hydrogen) atoms. The summed E-state index contributed by atoms with van der Waals surface area (Å²) in [5.41, 5.74) is 0.512. The van der Waals surface area contributed by atoms with E-state index >= 15 is 0 Å². The van der Waals surface area contributed by atoms with Crippen molar-refractivity contribution in [3.8, 4) is 11.8 Å². The average molecular weight is 247 g/mol. The van der Waals surface area contributed by atoms with Gasteiger partial charge in [0.15, 0.2) is 0 Å². The summed E-state index contributed by atoms with van der Waals surface area (Å²) in [7, 11) is 0. The minimum absolute atomic E-state index is 0.00107. The lowest BCUT2D eigenvalue weighted by atomic mass is 10.1. The number of carbonyl (C=O) groups is 1. The Balaban J connectivity index is 2.17. The molecule has 1 fully saturated rings. The number of halogens is 1. The molecule has 94 valence electrons. The molecule has 2 unspecified atom stereocenters. The van der Waals surface area contributed by atoms with Crippen LogP contribution in [-0.2, 0) is 0 Å². The summed E-state index contributed by atoms with van der Waals surface area (Å²) < 4.78 is 13.6. The zero-order chi connectivity index (χ0) is 13.1. The van der Waals surface area contributed by atoms with Crippen molar-refractivity contribution in [2.75, 3.05) is 6.61 Å². The standard InChI is InChI=1S/C14H14FNO2/c1-9-7-13(9)16-14(18)11-8-10(3-2-6-17)4-5-12(11)15/h4-5,8-9,13,17H,6-7H2,1H3,(H,16,18). The van der Waals surface area contributed by atoms with Crippen LogP contribution in [0.2, 0.25) is 0 Å². The molecular formula is C14H14FNO2. The minimum Gasteiger partial charge on any atom is -0.384 e. The van der Waals surface area contributed by atoms with Crippen LogP contribution in [0.4, 0.5) is 4.39 Å². The molecule has 4 heteroatoms. The zero-order valence-electron chi connectivity index (χ0n) is 10.0. The maximum absolute atomic E-state index is 13.6. The van der Waals surface area contributed by atoms with Crippen LogP contribution in [-0.4, -0.2) is 23.7 Å². The second-order valence-electron chi connectivity index (χ2n) is 4.45. The van der Waals surface area contributed by atoms with Gasteiger partial charge in [-0.15, -0.1) is 0 Å². The van der Waals surface area contributed by atoms with Gasteiger partial charge in [-0.1, -0.05) is 18.8 Å². The van der Waals surface area contributed by atoms with Crippen LogP contribution in [0, 0.1) is 23.6 Å². The average Bonchev–Trinajstić information content (AvgIpc) is 3.03. The molecule has 0 aromatic heterocycles. The molecule has 2 rings (SSSR count). The molecule has 3 nitrogen and oxygen atoms in total. The zero-order valence-corrected chi connectivity index (χ0v) is 10.0.